The average molecular weight is 291 g/mol. The number of rotatable bonds is 8. The fraction of sp³-hybridized carbons (Fsp3) is 0.300. The molecule has 0 aliphatic heterocycles. The summed E-state index contributed by atoms with van der Waals surface area (Å²) in [5, 5.41) is 0. The van der Waals surface area contributed by atoms with Gasteiger partial charge in [0.2, 0.25) is 0 Å². The summed E-state index contributed by atoms with van der Waals surface area (Å²) in [4.78, 5) is 16.7. The SMILES string of the molecule is C#CCC[C@H](CCc1ccccn1)CC(=O)c1ccccc1. The van der Waals surface area contributed by atoms with Crippen LogP contribution < -0.4 is 0 Å². The Labute approximate surface area is 132 Å². The van der Waals surface area contributed by atoms with Crippen LogP contribution in [0.1, 0.15) is 41.7 Å². The molecule has 0 spiro atoms. The van der Waals surface area contributed by atoms with Gasteiger partial charge in [-0.2, -0.15) is 0 Å². The summed E-state index contributed by atoms with van der Waals surface area (Å²) in [6.07, 6.45) is 11.2. The summed E-state index contributed by atoms with van der Waals surface area (Å²) in [7, 11) is 0. The van der Waals surface area contributed by atoms with Crippen LogP contribution in [-0.4, -0.2) is 10.8 Å². The number of hydrogen-bond acceptors (Lipinski definition) is 2. The number of hydrogen-bond donors (Lipinski definition) is 0. The lowest BCUT2D eigenvalue weighted by atomic mass is 9.90. The van der Waals surface area contributed by atoms with Crippen molar-refractivity contribution < 1.29 is 4.79 Å². The maximum Gasteiger partial charge on any atom is 0.163 e. The van der Waals surface area contributed by atoms with Gasteiger partial charge in [0.15, 0.2) is 5.78 Å². The maximum absolute atomic E-state index is 12.4. The van der Waals surface area contributed by atoms with Crippen LogP contribution in [0.25, 0.3) is 0 Å². The Morgan fingerprint density at radius 2 is 1.86 bits per heavy atom. The second-order valence-electron chi connectivity index (χ2n) is 5.46. The van der Waals surface area contributed by atoms with Gasteiger partial charge in [-0.3, -0.25) is 9.78 Å². The predicted molar refractivity (Wildman–Crippen MR) is 89.5 cm³/mol. The lowest BCUT2D eigenvalue weighted by molar-refractivity contribution is 0.0956. The molecule has 2 aromatic rings. The van der Waals surface area contributed by atoms with Gasteiger partial charge in [-0.1, -0.05) is 36.4 Å². The minimum atomic E-state index is 0.198. The molecule has 0 aliphatic rings. The highest BCUT2D eigenvalue weighted by molar-refractivity contribution is 5.96. The number of ketones is 1. The van der Waals surface area contributed by atoms with E-state index >= 15 is 0 Å². The topological polar surface area (TPSA) is 30.0 Å². The zero-order valence-corrected chi connectivity index (χ0v) is 12.7. The van der Waals surface area contributed by atoms with Crippen LogP contribution in [0.15, 0.2) is 54.7 Å². The molecular formula is C20H21NO. The molecule has 2 rings (SSSR count). The highest BCUT2D eigenvalue weighted by Crippen LogP contribution is 2.20. The summed E-state index contributed by atoms with van der Waals surface area (Å²) in [5.74, 6) is 3.19. The van der Waals surface area contributed by atoms with Gasteiger partial charge >= 0.3 is 0 Å². The first-order chi connectivity index (χ1) is 10.8. The smallest absolute Gasteiger partial charge is 0.163 e. The van der Waals surface area contributed by atoms with E-state index in [1.165, 1.54) is 0 Å². The lowest BCUT2D eigenvalue weighted by Gasteiger charge is -2.15. The molecule has 0 N–H and O–H groups in total. The van der Waals surface area contributed by atoms with Crippen molar-refractivity contribution in [3.05, 3.63) is 66.0 Å². The molecule has 0 saturated carbocycles. The largest absolute Gasteiger partial charge is 0.294 e. The third-order valence-corrected chi connectivity index (χ3v) is 3.80. The number of nitrogens with zero attached hydrogens (tertiary/aromatic N) is 1. The van der Waals surface area contributed by atoms with Crippen LogP contribution in [0.5, 0.6) is 0 Å². The number of terminal acetylenes is 1. The molecule has 0 amide bonds. The molecule has 1 aromatic heterocycles. The van der Waals surface area contributed by atoms with E-state index < -0.39 is 0 Å². The van der Waals surface area contributed by atoms with Crippen molar-refractivity contribution in [1.29, 1.82) is 0 Å². The monoisotopic (exact) mass is 291 g/mol. The zero-order chi connectivity index (χ0) is 15.6. The van der Waals surface area contributed by atoms with Gasteiger partial charge in [0, 0.05) is 30.3 Å². The van der Waals surface area contributed by atoms with Gasteiger partial charge < -0.3 is 0 Å². The predicted octanol–water partition coefficient (Wildman–Crippen LogP) is 4.32. The van der Waals surface area contributed by atoms with Gasteiger partial charge in [0.25, 0.3) is 0 Å². The first-order valence-electron chi connectivity index (χ1n) is 7.71. The number of carbonyl (C=O) groups is 1. The molecule has 0 unspecified atom stereocenters. The van der Waals surface area contributed by atoms with Gasteiger partial charge in [-0.25, -0.2) is 0 Å². The van der Waals surface area contributed by atoms with Crippen LogP contribution in [0.4, 0.5) is 0 Å². The molecule has 1 aromatic carbocycles. The Kier molecular flexibility index (Phi) is 6.39. The van der Waals surface area contributed by atoms with E-state index in [0.29, 0.717) is 12.3 Å². The minimum absolute atomic E-state index is 0.198. The highest BCUT2D eigenvalue weighted by atomic mass is 16.1. The Morgan fingerprint density at radius 1 is 1.09 bits per heavy atom. The first-order valence-corrected chi connectivity index (χ1v) is 7.71. The normalized spacial score (nSPS) is 11.6. The highest BCUT2D eigenvalue weighted by Gasteiger charge is 2.15. The van der Waals surface area contributed by atoms with E-state index in [-0.39, 0.29) is 5.78 Å². The quantitative estimate of drug-likeness (QED) is 0.535. The van der Waals surface area contributed by atoms with Gasteiger partial charge in [-0.05, 0) is 37.3 Å². The Balaban J connectivity index is 1.94. The standard InChI is InChI=1S/C20H21NO/c1-2-3-9-17(13-14-19-12-7-8-15-21-19)16-20(22)18-10-5-4-6-11-18/h1,4-8,10-12,15,17H,3,9,13-14,16H2/t17-/m1/s1. The Morgan fingerprint density at radius 3 is 2.55 bits per heavy atom. The minimum Gasteiger partial charge on any atom is -0.294 e. The molecule has 0 aliphatic carbocycles. The molecule has 1 atom stereocenters. The van der Waals surface area contributed by atoms with E-state index in [2.05, 4.69) is 10.9 Å². The zero-order valence-electron chi connectivity index (χ0n) is 12.7. The number of aryl methyl sites for hydroxylation is 1. The second kappa shape index (κ2) is 8.79. The van der Waals surface area contributed by atoms with Gasteiger partial charge in [-0.15, -0.1) is 12.3 Å². The van der Waals surface area contributed by atoms with Crippen LogP contribution in [0.2, 0.25) is 0 Å². The van der Waals surface area contributed by atoms with Crippen molar-refractivity contribution in [1.82, 2.24) is 4.98 Å². The van der Waals surface area contributed by atoms with E-state index in [4.69, 9.17) is 6.42 Å². The van der Waals surface area contributed by atoms with Crippen molar-refractivity contribution in [2.24, 2.45) is 5.92 Å². The van der Waals surface area contributed by atoms with Crippen LogP contribution in [0.3, 0.4) is 0 Å². The third kappa shape index (κ3) is 5.18. The molecule has 112 valence electrons. The summed E-state index contributed by atoms with van der Waals surface area (Å²) in [5.41, 5.74) is 1.85. The van der Waals surface area contributed by atoms with Gasteiger partial charge in [0.05, 0.1) is 0 Å². The number of carbonyl (C=O) groups excluding carboxylic acids is 1. The van der Waals surface area contributed by atoms with E-state index in [0.717, 1.165) is 36.9 Å². The van der Waals surface area contributed by atoms with E-state index in [1.54, 1.807) is 6.20 Å². The van der Waals surface area contributed by atoms with Crippen molar-refractivity contribution in [2.45, 2.75) is 32.1 Å². The van der Waals surface area contributed by atoms with Crippen LogP contribution >= 0.6 is 0 Å². The number of benzene rings is 1. The number of pyridine rings is 1. The average Bonchev–Trinajstić information content (AvgIpc) is 2.59. The number of aromatic nitrogens is 1. The van der Waals surface area contributed by atoms with Crippen LogP contribution in [-0.2, 0) is 6.42 Å². The summed E-state index contributed by atoms with van der Waals surface area (Å²) < 4.78 is 0. The summed E-state index contributed by atoms with van der Waals surface area (Å²) >= 11 is 0. The summed E-state index contributed by atoms with van der Waals surface area (Å²) in [6, 6.07) is 15.4. The maximum atomic E-state index is 12.4. The number of Topliss-reactive ketones (excluding diaryl/α,β-unsaturated/α-hetero) is 1. The molecule has 0 fully saturated rings. The van der Waals surface area contributed by atoms with Gasteiger partial charge in [0.1, 0.15) is 0 Å². The summed E-state index contributed by atoms with van der Waals surface area (Å²) in [6.45, 7) is 0. The van der Waals surface area contributed by atoms with Crippen LogP contribution in [0, 0.1) is 18.3 Å². The lowest BCUT2D eigenvalue weighted by Crippen LogP contribution is -2.10. The Hall–Kier alpha value is -2.40. The van der Waals surface area contributed by atoms with Crippen molar-refractivity contribution >= 4 is 5.78 Å². The fourth-order valence-corrected chi connectivity index (χ4v) is 2.54. The van der Waals surface area contributed by atoms with Crippen molar-refractivity contribution in [2.75, 3.05) is 0 Å². The molecule has 0 saturated heterocycles. The van der Waals surface area contributed by atoms with E-state index in [9.17, 15) is 4.79 Å². The first kappa shape index (κ1) is 16.0. The molecule has 1 heterocycles. The molecular weight excluding hydrogens is 270 g/mol. The van der Waals surface area contributed by atoms with Crippen molar-refractivity contribution in [3.63, 3.8) is 0 Å². The third-order valence-electron chi connectivity index (χ3n) is 3.80. The molecule has 2 heteroatoms. The molecule has 22 heavy (non-hydrogen) atoms. The Bertz CT molecular complexity index is 613. The van der Waals surface area contributed by atoms with E-state index in [1.807, 2.05) is 48.5 Å². The fourth-order valence-electron chi connectivity index (χ4n) is 2.54. The molecule has 0 radical (unpaired) electrons. The second-order valence-corrected chi connectivity index (χ2v) is 5.46. The molecule has 2 nitrogen and oxygen atoms in total. The van der Waals surface area contributed by atoms with Crippen molar-refractivity contribution in [3.8, 4) is 12.3 Å². The molecule has 0 bridgehead atoms.